The first-order valence-corrected chi connectivity index (χ1v) is 7.63. The second-order valence-electron chi connectivity index (χ2n) is 5.33. The molecule has 7 heteroatoms. The van der Waals surface area contributed by atoms with Crippen molar-refractivity contribution in [3.8, 4) is 5.75 Å². The first-order chi connectivity index (χ1) is 11.9. The number of anilines is 2. The van der Waals surface area contributed by atoms with E-state index >= 15 is 0 Å². The maximum atomic E-state index is 12.1. The Balaban J connectivity index is 1.85. The zero-order chi connectivity index (χ0) is 18.2. The van der Waals surface area contributed by atoms with E-state index in [0.29, 0.717) is 17.8 Å². The number of carbonyl (C=O) groups excluding carboxylic acids is 2. The fourth-order valence-corrected chi connectivity index (χ4v) is 2.20. The number of nitrogens with one attached hydrogen (secondary N) is 2. The molecule has 2 amide bonds. The Kier molecular flexibility index (Phi) is 6.45. The molecule has 5 nitrogen and oxygen atoms in total. The van der Waals surface area contributed by atoms with Gasteiger partial charge >= 0.3 is 6.61 Å². The normalized spacial score (nSPS) is 10.4. The number of rotatable bonds is 7. The van der Waals surface area contributed by atoms with Crippen molar-refractivity contribution in [1.29, 1.82) is 0 Å². The summed E-state index contributed by atoms with van der Waals surface area (Å²) in [6, 6.07) is 13.0. The molecule has 0 saturated carbocycles. The molecule has 25 heavy (non-hydrogen) atoms. The summed E-state index contributed by atoms with van der Waals surface area (Å²) in [5, 5.41) is 5.39. The van der Waals surface area contributed by atoms with Crippen LogP contribution in [0.2, 0.25) is 0 Å². The van der Waals surface area contributed by atoms with Crippen molar-refractivity contribution in [2.24, 2.45) is 0 Å². The zero-order valence-electron chi connectivity index (χ0n) is 13.6. The third kappa shape index (κ3) is 6.58. The van der Waals surface area contributed by atoms with Crippen LogP contribution < -0.4 is 15.4 Å². The van der Waals surface area contributed by atoms with Crippen molar-refractivity contribution >= 4 is 23.2 Å². The van der Waals surface area contributed by atoms with Gasteiger partial charge in [0.25, 0.3) is 0 Å². The van der Waals surface area contributed by atoms with E-state index < -0.39 is 6.61 Å². The van der Waals surface area contributed by atoms with Crippen LogP contribution in [0.25, 0.3) is 0 Å². The van der Waals surface area contributed by atoms with Crippen molar-refractivity contribution < 1.29 is 23.1 Å². The molecule has 0 aliphatic heterocycles. The Morgan fingerprint density at radius 2 is 1.68 bits per heavy atom. The van der Waals surface area contributed by atoms with Crippen LogP contribution in [-0.2, 0) is 16.0 Å². The molecule has 132 valence electrons. The van der Waals surface area contributed by atoms with Gasteiger partial charge in [-0.2, -0.15) is 8.78 Å². The number of amides is 2. The maximum Gasteiger partial charge on any atom is 0.387 e. The molecule has 2 aromatic rings. The predicted octanol–water partition coefficient (Wildman–Crippen LogP) is 3.82. The lowest BCUT2D eigenvalue weighted by Gasteiger charge is -2.08. The average molecular weight is 348 g/mol. The van der Waals surface area contributed by atoms with Crippen LogP contribution >= 0.6 is 0 Å². The summed E-state index contributed by atoms with van der Waals surface area (Å²) >= 11 is 0. The molecule has 0 atom stereocenters. The standard InChI is InChI=1S/C18H18F2N2O3/c1-12(23)21-14-3-2-4-15(11-14)22-17(24)10-7-13-5-8-16(9-6-13)25-18(19)20/h2-6,8-9,11,18H,7,10H2,1H3,(H,21,23)(H,22,24). The molecule has 0 aromatic heterocycles. The lowest BCUT2D eigenvalue weighted by atomic mass is 10.1. The van der Waals surface area contributed by atoms with Gasteiger partial charge in [0.05, 0.1) is 0 Å². The molecule has 0 heterocycles. The Morgan fingerprint density at radius 1 is 1.04 bits per heavy atom. The molecular formula is C18H18F2N2O3. The third-order valence-electron chi connectivity index (χ3n) is 3.26. The van der Waals surface area contributed by atoms with Gasteiger partial charge in [-0.15, -0.1) is 0 Å². The van der Waals surface area contributed by atoms with Crippen molar-refractivity contribution in [3.05, 3.63) is 54.1 Å². The van der Waals surface area contributed by atoms with Crippen LogP contribution in [0.15, 0.2) is 48.5 Å². The van der Waals surface area contributed by atoms with E-state index in [0.717, 1.165) is 5.56 Å². The number of alkyl halides is 2. The molecular weight excluding hydrogens is 330 g/mol. The minimum atomic E-state index is -2.86. The second-order valence-corrected chi connectivity index (χ2v) is 5.33. The van der Waals surface area contributed by atoms with Crippen LogP contribution in [0, 0.1) is 0 Å². The predicted molar refractivity (Wildman–Crippen MR) is 90.8 cm³/mol. The summed E-state index contributed by atoms with van der Waals surface area (Å²) in [6.45, 7) is -1.45. The molecule has 0 bridgehead atoms. The van der Waals surface area contributed by atoms with Crippen LogP contribution in [0.4, 0.5) is 20.2 Å². The average Bonchev–Trinajstić information content (AvgIpc) is 2.53. The summed E-state index contributed by atoms with van der Waals surface area (Å²) in [7, 11) is 0. The minimum absolute atomic E-state index is 0.0815. The summed E-state index contributed by atoms with van der Waals surface area (Å²) in [6.07, 6.45) is 0.700. The van der Waals surface area contributed by atoms with Gasteiger partial charge in [-0.25, -0.2) is 0 Å². The lowest BCUT2D eigenvalue weighted by molar-refractivity contribution is -0.116. The summed E-state index contributed by atoms with van der Waals surface area (Å²) in [4.78, 5) is 23.0. The van der Waals surface area contributed by atoms with Gasteiger partial charge in [-0.05, 0) is 42.3 Å². The highest BCUT2D eigenvalue weighted by Gasteiger charge is 2.06. The quantitative estimate of drug-likeness (QED) is 0.799. The highest BCUT2D eigenvalue weighted by atomic mass is 19.3. The number of carbonyl (C=O) groups is 2. The van der Waals surface area contributed by atoms with Crippen LogP contribution in [0.5, 0.6) is 5.75 Å². The van der Waals surface area contributed by atoms with E-state index in [2.05, 4.69) is 15.4 Å². The third-order valence-corrected chi connectivity index (χ3v) is 3.26. The molecule has 0 fully saturated rings. The number of aryl methyl sites for hydroxylation is 1. The van der Waals surface area contributed by atoms with Crippen molar-refractivity contribution in [3.63, 3.8) is 0 Å². The van der Waals surface area contributed by atoms with Gasteiger partial charge in [-0.1, -0.05) is 18.2 Å². The second kappa shape index (κ2) is 8.77. The molecule has 2 N–H and O–H groups in total. The molecule has 0 aliphatic carbocycles. The maximum absolute atomic E-state index is 12.1. The summed E-state index contributed by atoms with van der Waals surface area (Å²) < 4.78 is 28.4. The van der Waals surface area contributed by atoms with Gasteiger partial charge in [0, 0.05) is 24.7 Å². The fourth-order valence-electron chi connectivity index (χ4n) is 2.20. The van der Waals surface area contributed by atoms with E-state index in [1.165, 1.54) is 19.1 Å². The van der Waals surface area contributed by atoms with E-state index in [-0.39, 0.29) is 24.0 Å². The monoisotopic (exact) mass is 348 g/mol. The smallest absolute Gasteiger partial charge is 0.387 e. The van der Waals surface area contributed by atoms with Crippen LogP contribution in [0.3, 0.4) is 0 Å². The SMILES string of the molecule is CC(=O)Nc1cccc(NC(=O)CCc2ccc(OC(F)F)cc2)c1. The molecule has 2 rings (SSSR count). The van der Waals surface area contributed by atoms with E-state index in [9.17, 15) is 18.4 Å². The Morgan fingerprint density at radius 3 is 2.28 bits per heavy atom. The Hall–Kier alpha value is -2.96. The number of hydrogen-bond donors (Lipinski definition) is 2. The molecule has 0 aliphatic rings. The fraction of sp³-hybridized carbons (Fsp3) is 0.222. The van der Waals surface area contributed by atoms with Gasteiger partial charge < -0.3 is 15.4 Å². The van der Waals surface area contributed by atoms with Gasteiger partial charge in [0.15, 0.2) is 0 Å². The van der Waals surface area contributed by atoms with Crippen molar-refractivity contribution in [1.82, 2.24) is 0 Å². The Bertz CT molecular complexity index is 733. The number of halogens is 2. The van der Waals surface area contributed by atoms with Crippen molar-refractivity contribution in [2.75, 3.05) is 10.6 Å². The van der Waals surface area contributed by atoms with Gasteiger partial charge in [-0.3, -0.25) is 9.59 Å². The van der Waals surface area contributed by atoms with Gasteiger partial charge in [0.1, 0.15) is 5.75 Å². The van der Waals surface area contributed by atoms with E-state index in [1.54, 1.807) is 36.4 Å². The summed E-state index contributed by atoms with van der Waals surface area (Å²) in [5.74, 6) is -0.298. The highest BCUT2D eigenvalue weighted by Crippen LogP contribution is 2.17. The molecule has 0 saturated heterocycles. The first kappa shape index (κ1) is 18.4. The number of hydrogen-bond acceptors (Lipinski definition) is 3. The highest BCUT2D eigenvalue weighted by molar-refractivity contribution is 5.93. The zero-order valence-corrected chi connectivity index (χ0v) is 13.6. The van der Waals surface area contributed by atoms with Crippen molar-refractivity contribution in [2.45, 2.75) is 26.4 Å². The topological polar surface area (TPSA) is 67.4 Å². The van der Waals surface area contributed by atoms with E-state index in [4.69, 9.17) is 0 Å². The van der Waals surface area contributed by atoms with Crippen LogP contribution in [-0.4, -0.2) is 18.4 Å². The molecule has 2 aromatic carbocycles. The lowest BCUT2D eigenvalue weighted by Crippen LogP contribution is -2.13. The molecule has 0 radical (unpaired) electrons. The summed E-state index contributed by atoms with van der Waals surface area (Å²) in [5.41, 5.74) is 2.01. The number of ether oxygens (including phenoxy) is 1. The Labute approximate surface area is 144 Å². The largest absolute Gasteiger partial charge is 0.435 e. The first-order valence-electron chi connectivity index (χ1n) is 7.63. The molecule has 0 spiro atoms. The minimum Gasteiger partial charge on any atom is -0.435 e. The number of benzene rings is 2. The van der Waals surface area contributed by atoms with Crippen LogP contribution in [0.1, 0.15) is 18.9 Å². The van der Waals surface area contributed by atoms with E-state index in [1.807, 2.05) is 0 Å². The van der Waals surface area contributed by atoms with Gasteiger partial charge in [0.2, 0.25) is 11.8 Å². The molecule has 0 unspecified atom stereocenters.